The zero-order valence-corrected chi connectivity index (χ0v) is 12.8. The summed E-state index contributed by atoms with van der Waals surface area (Å²) in [7, 11) is 0. The molecular formula is C15H20BrNO2. The molecule has 0 radical (unpaired) electrons. The molecule has 104 valence electrons. The summed E-state index contributed by atoms with van der Waals surface area (Å²) in [6, 6.07) is 6.68. The van der Waals surface area contributed by atoms with E-state index in [4.69, 9.17) is 9.47 Å². The molecular weight excluding hydrogens is 306 g/mol. The van der Waals surface area contributed by atoms with Gasteiger partial charge in [0.25, 0.3) is 0 Å². The second-order valence-electron chi connectivity index (χ2n) is 5.31. The van der Waals surface area contributed by atoms with Crippen molar-refractivity contribution in [3.05, 3.63) is 28.2 Å². The highest BCUT2D eigenvalue weighted by atomic mass is 79.9. The van der Waals surface area contributed by atoms with Gasteiger partial charge in [-0.1, -0.05) is 22.9 Å². The largest absolute Gasteiger partial charge is 0.490 e. The summed E-state index contributed by atoms with van der Waals surface area (Å²) in [4.78, 5) is 0. The van der Waals surface area contributed by atoms with Gasteiger partial charge < -0.3 is 14.8 Å². The van der Waals surface area contributed by atoms with E-state index in [-0.39, 0.29) is 6.10 Å². The van der Waals surface area contributed by atoms with Gasteiger partial charge in [-0.3, -0.25) is 0 Å². The van der Waals surface area contributed by atoms with Gasteiger partial charge >= 0.3 is 0 Å². The van der Waals surface area contributed by atoms with Gasteiger partial charge in [0, 0.05) is 35.0 Å². The molecule has 2 heterocycles. The van der Waals surface area contributed by atoms with E-state index in [1.54, 1.807) is 0 Å². The Labute approximate surface area is 122 Å². The van der Waals surface area contributed by atoms with Gasteiger partial charge in [-0.05, 0) is 31.2 Å². The fourth-order valence-corrected chi connectivity index (χ4v) is 3.42. The Morgan fingerprint density at radius 2 is 2.32 bits per heavy atom. The highest BCUT2D eigenvalue weighted by molar-refractivity contribution is 9.10. The van der Waals surface area contributed by atoms with E-state index in [0.717, 1.165) is 42.8 Å². The lowest BCUT2D eigenvalue weighted by atomic mass is 9.89. The third-order valence-electron chi connectivity index (χ3n) is 4.03. The minimum atomic E-state index is 0.278. The summed E-state index contributed by atoms with van der Waals surface area (Å²) in [5, 5.41) is 3.58. The van der Waals surface area contributed by atoms with Gasteiger partial charge in [0.05, 0.1) is 6.61 Å². The average molecular weight is 326 g/mol. The number of hydrogen-bond donors (Lipinski definition) is 1. The monoisotopic (exact) mass is 325 g/mol. The first-order chi connectivity index (χ1) is 9.28. The maximum atomic E-state index is 6.21. The molecule has 0 aromatic heterocycles. The predicted octanol–water partition coefficient (Wildman–Crippen LogP) is 3.29. The van der Waals surface area contributed by atoms with Crippen LogP contribution in [0.4, 0.5) is 0 Å². The van der Waals surface area contributed by atoms with E-state index in [1.807, 2.05) is 0 Å². The zero-order chi connectivity index (χ0) is 13.2. The molecule has 0 saturated carbocycles. The van der Waals surface area contributed by atoms with Crippen molar-refractivity contribution >= 4 is 15.9 Å². The minimum Gasteiger partial charge on any atom is -0.490 e. The highest BCUT2D eigenvalue weighted by Gasteiger charge is 2.34. The molecule has 1 saturated heterocycles. The summed E-state index contributed by atoms with van der Waals surface area (Å²) >= 11 is 3.55. The van der Waals surface area contributed by atoms with Crippen LogP contribution in [0.2, 0.25) is 0 Å². The lowest BCUT2D eigenvalue weighted by Gasteiger charge is -2.35. The van der Waals surface area contributed by atoms with Crippen molar-refractivity contribution in [3.8, 4) is 5.75 Å². The van der Waals surface area contributed by atoms with Crippen LogP contribution in [0, 0.1) is 5.92 Å². The molecule has 1 aromatic carbocycles. The lowest BCUT2D eigenvalue weighted by molar-refractivity contribution is 0.0804. The van der Waals surface area contributed by atoms with Gasteiger partial charge in [0.2, 0.25) is 0 Å². The summed E-state index contributed by atoms with van der Waals surface area (Å²) in [5.74, 6) is 1.57. The normalized spacial score (nSPS) is 29.9. The molecule has 1 fully saturated rings. The topological polar surface area (TPSA) is 30.5 Å². The summed E-state index contributed by atoms with van der Waals surface area (Å²) < 4.78 is 12.8. The fourth-order valence-electron chi connectivity index (χ4n) is 3.04. The number of hydrogen-bond acceptors (Lipinski definition) is 3. The molecule has 0 spiro atoms. The average Bonchev–Trinajstić information content (AvgIpc) is 2.93. The third-order valence-corrected chi connectivity index (χ3v) is 4.53. The standard InChI is InChI=1S/C15H20BrNO2/c1-2-17-13-8-15(10-5-6-18-9-10)19-14-4-3-11(16)7-12(13)14/h3-4,7,10,13,15,17H,2,5-6,8-9H2,1H3. The summed E-state index contributed by atoms with van der Waals surface area (Å²) in [5.41, 5.74) is 1.27. The molecule has 1 aromatic rings. The van der Waals surface area contributed by atoms with Crippen molar-refractivity contribution in [2.45, 2.75) is 31.9 Å². The second-order valence-corrected chi connectivity index (χ2v) is 6.22. The first-order valence-corrected chi connectivity index (χ1v) is 7.84. The fraction of sp³-hybridized carbons (Fsp3) is 0.600. The zero-order valence-electron chi connectivity index (χ0n) is 11.2. The summed E-state index contributed by atoms with van der Waals surface area (Å²) in [6.07, 6.45) is 2.43. The van der Waals surface area contributed by atoms with E-state index < -0.39 is 0 Å². The predicted molar refractivity (Wildman–Crippen MR) is 78.5 cm³/mol. The Bertz CT molecular complexity index is 446. The van der Waals surface area contributed by atoms with Crippen LogP contribution in [0.15, 0.2) is 22.7 Å². The van der Waals surface area contributed by atoms with Gasteiger partial charge in [-0.15, -0.1) is 0 Å². The third kappa shape index (κ3) is 2.81. The molecule has 3 rings (SSSR count). The molecule has 3 atom stereocenters. The molecule has 1 N–H and O–H groups in total. The van der Waals surface area contributed by atoms with Crippen molar-refractivity contribution in [1.82, 2.24) is 5.32 Å². The first kappa shape index (κ1) is 13.4. The van der Waals surface area contributed by atoms with Crippen LogP contribution in [0.1, 0.15) is 31.4 Å². The number of halogens is 1. The van der Waals surface area contributed by atoms with E-state index in [2.05, 4.69) is 46.4 Å². The van der Waals surface area contributed by atoms with Gasteiger partial charge in [-0.25, -0.2) is 0 Å². The van der Waals surface area contributed by atoms with Crippen LogP contribution in [0.25, 0.3) is 0 Å². The Hall–Kier alpha value is -0.580. The van der Waals surface area contributed by atoms with E-state index in [1.165, 1.54) is 5.56 Å². The second kappa shape index (κ2) is 5.81. The van der Waals surface area contributed by atoms with Crippen LogP contribution in [-0.2, 0) is 4.74 Å². The molecule has 0 amide bonds. The molecule has 4 heteroatoms. The molecule has 3 unspecified atom stereocenters. The SMILES string of the molecule is CCNC1CC(C2CCOC2)Oc2ccc(Br)cc21. The smallest absolute Gasteiger partial charge is 0.124 e. The van der Waals surface area contributed by atoms with Crippen LogP contribution >= 0.6 is 15.9 Å². The van der Waals surface area contributed by atoms with Crippen molar-refractivity contribution in [1.29, 1.82) is 0 Å². The first-order valence-electron chi connectivity index (χ1n) is 7.05. The van der Waals surface area contributed by atoms with Gasteiger partial charge in [0.1, 0.15) is 11.9 Å². The Balaban J connectivity index is 1.85. The minimum absolute atomic E-state index is 0.278. The maximum absolute atomic E-state index is 6.21. The van der Waals surface area contributed by atoms with Crippen molar-refractivity contribution in [3.63, 3.8) is 0 Å². The van der Waals surface area contributed by atoms with Gasteiger partial charge in [0.15, 0.2) is 0 Å². The highest BCUT2D eigenvalue weighted by Crippen LogP contribution is 2.39. The molecule has 2 aliphatic heterocycles. The quantitative estimate of drug-likeness (QED) is 0.925. The number of rotatable bonds is 3. The maximum Gasteiger partial charge on any atom is 0.124 e. The molecule has 3 nitrogen and oxygen atoms in total. The number of benzene rings is 1. The van der Waals surface area contributed by atoms with Crippen LogP contribution in [-0.4, -0.2) is 25.9 Å². The van der Waals surface area contributed by atoms with Gasteiger partial charge in [-0.2, -0.15) is 0 Å². The van der Waals surface area contributed by atoms with Crippen LogP contribution in [0.5, 0.6) is 5.75 Å². The lowest BCUT2D eigenvalue weighted by Crippen LogP contribution is -2.37. The molecule has 19 heavy (non-hydrogen) atoms. The Morgan fingerprint density at radius 1 is 1.42 bits per heavy atom. The van der Waals surface area contributed by atoms with Crippen molar-refractivity contribution < 1.29 is 9.47 Å². The number of nitrogens with one attached hydrogen (secondary N) is 1. The van der Waals surface area contributed by atoms with E-state index in [9.17, 15) is 0 Å². The Kier molecular flexibility index (Phi) is 4.10. The van der Waals surface area contributed by atoms with E-state index in [0.29, 0.717) is 12.0 Å². The van der Waals surface area contributed by atoms with Crippen molar-refractivity contribution in [2.75, 3.05) is 19.8 Å². The Morgan fingerprint density at radius 3 is 3.05 bits per heavy atom. The number of fused-ring (bicyclic) bond motifs is 1. The molecule has 0 bridgehead atoms. The van der Waals surface area contributed by atoms with Crippen molar-refractivity contribution in [2.24, 2.45) is 5.92 Å². The van der Waals surface area contributed by atoms with E-state index >= 15 is 0 Å². The molecule has 2 aliphatic rings. The number of ether oxygens (including phenoxy) is 2. The van der Waals surface area contributed by atoms with Crippen LogP contribution < -0.4 is 10.1 Å². The molecule has 0 aliphatic carbocycles. The summed E-state index contributed by atoms with van der Waals surface area (Å²) in [6.45, 7) is 4.85. The van der Waals surface area contributed by atoms with Crippen LogP contribution in [0.3, 0.4) is 0 Å².